The minimum Gasteiger partial charge on any atom is -0.493 e. The Bertz CT molecular complexity index is 870. The van der Waals surface area contributed by atoms with Crippen molar-refractivity contribution in [3.05, 3.63) is 48.0 Å². The van der Waals surface area contributed by atoms with Gasteiger partial charge in [0.25, 0.3) is 0 Å². The summed E-state index contributed by atoms with van der Waals surface area (Å²) in [6, 6.07) is 9.60. The van der Waals surface area contributed by atoms with Gasteiger partial charge >= 0.3 is 6.61 Å². The van der Waals surface area contributed by atoms with Gasteiger partial charge in [-0.2, -0.15) is 8.78 Å². The topological polar surface area (TPSA) is 66.0 Å². The number of fused-ring (bicyclic) bond motifs is 1. The molecule has 0 aromatic heterocycles. The van der Waals surface area contributed by atoms with Crippen LogP contribution < -0.4 is 24.3 Å². The summed E-state index contributed by atoms with van der Waals surface area (Å²) < 4.78 is 45.5. The fourth-order valence-corrected chi connectivity index (χ4v) is 2.58. The quantitative estimate of drug-likeness (QED) is 0.751. The molecule has 1 aliphatic heterocycles. The number of carbonyl (C=O) groups excluding carboxylic acids is 1. The van der Waals surface area contributed by atoms with Gasteiger partial charge < -0.3 is 24.3 Å². The SMILES string of the molecule is COc1ccc(NC(=O)/C=C/c2ccc3c(c2)OCCCO3)cc1OC(F)F. The Kier molecular flexibility index (Phi) is 6.31. The van der Waals surface area contributed by atoms with Crippen LogP contribution in [-0.4, -0.2) is 32.8 Å². The maximum atomic E-state index is 12.5. The smallest absolute Gasteiger partial charge is 0.387 e. The van der Waals surface area contributed by atoms with E-state index in [0.29, 0.717) is 30.4 Å². The molecular weight excluding hydrogens is 372 g/mol. The molecule has 148 valence electrons. The molecule has 1 aliphatic rings. The van der Waals surface area contributed by atoms with Crippen molar-refractivity contribution in [3.8, 4) is 23.0 Å². The van der Waals surface area contributed by atoms with Crippen molar-refractivity contribution in [2.45, 2.75) is 13.0 Å². The number of hydrogen-bond donors (Lipinski definition) is 1. The fourth-order valence-electron chi connectivity index (χ4n) is 2.58. The molecule has 0 fully saturated rings. The van der Waals surface area contributed by atoms with Crippen LogP contribution in [0.2, 0.25) is 0 Å². The minimum atomic E-state index is -3.00. The molecule has 2 aromatic rings. The standard InChI is InChI=1S/C20H19F2NO5/c1-25-15-7-5-14(12-18(15)28-20(21)22)23-19(24)8-4-13-3-6-16-17(11-13)27-10-2-9-26-16/h3-8,11-12,20H,2,9-10H2,1H3,(H,23,24)/b8-4+. The van der Waals surface area contributed by atoms with E-state index in [1.54, 1.807) is 24.3 Å². The van der Waals surface area contributed by atoms with Crippen LogP contribution >= 0.6 is 0 Å². The zero-order valence-electron chi connectivity index (χ0n) is 15.1. The van der Waals surface area contributed by atoms with Crippen LogP contribution in [0, 0.1) is 0 Å². The van der Waals surface area contributed by atoms with Crippen LogP contribution in [-0.2, 0) is 4.79 Å². The summed E-state index contributed by atoms with van der Waals surface area (Å²) >= 11 is 0. The van der Waals surface area contributed by atoms with E-state index in [-0.39, 0.29) is 11.5 Å². The predicted molar refractivity (Wildman–Crippen MR) is 99.3 cm³/mol. The number of anilines is 1. The number of amides is 1. The van der Waals surface area contributed by atoms with Gasteiger partial charge in [0.05, 0.1) is 20.3 Å². The largest absolute Gasteiger partial charge is 0.493 e. The normalized spacial score (nSPS) is 13.3. The maximum Gasteiger partial charge on any atom is 0.387 e. The lowest BCUT2D eigenvalue weighted by atomic mass is 10.2. The molecule has 6 nitrogen and oxygen atoms in total. The molecule has 2 aromatic carbocycles. The van der Waals surface area contributed by atoms with Crippen molar-refractivity contribution in [2.75, 3.05) is 25.6 Å². The highest BCUT2D eigenvalue weighted by Gasteiger charge is 2.12. The molecule has 0 atom stereocenters. The molecule has 28 heavy (non-hydrogen) atoms. The molecule has 1 amide bonds. The monoisotopic (exact) mass is 391 g/mol. The van der Waals surface area contributed by atoms with Crippen LogP contribution in [0.15, 0.2) is 42.5 Å². The summed E-state index contributed by atoms with van der Waals surface area (Å²) in [6.45, 7) is -1.83. The molecule has 1 N–H and O–H groups in total. The van der Waals surface area contributed by atoms with E-state index >= 15 is 0 Å². The highest BCUT2D eigenvalue weighted by atomic mass is 19.3. The van der Waals surface area contributed by atoms with Gasteiger partial charge in [-0.1, -0.05) is 6.07 Å². The molecule has 0 saturated heterocycles. The van der Waals surface area contributed by atoms with Crippen LogP contribution in [0.4, 0.5) is 14.5 Å². The minimum absolute atomic E-state index is 0.140. The lowest BCUT2D eigenvalue weighted by Gasteiger charge is -2.11. The van der Waals surface area contributed by atoms with Crippen molar-refractivity contribution >= 4 is 17.7 Å². The molecule has 1 heterocycles. The fraction of sp³-hybridized carbons (Fsp3) is 0.250. The Morgan fingerprint density at radius 3 is 2.64 bits per heavy atom. The second-order valence-electron chi connectivity index (χ2n) is 5.82. The van der Waals surface area contributed by atoms with E-state index in [9.17, 15) is 13.6 Å². The van der Waals surface area contributed by atoms with E-state index in [1.165, 1.54) is 31.4 Å². The predicted octanol–water partition coefficient (Wildman–Crippen LogP) is 4.11. The third-order valence-corrected chi connectivity index (χ3v) is 3.85. The van der Waals surface area contributed by atoms with Crippen LogP contribution in [0.3, 0.4) is 0 Å². The van der Waals surface area contributed by atoms with Gasteiger partial charge in [-0.25, -0.2) is 0 Å². The molecular formula is C20H19F2NO5. The van der Waals surface area contributed by atoms with Crippen molar-refractivity contribution in [1.29, 1.82) is 0 Å². The number of alkyl halides is 2. The number of methoxy groups -OCH3 is 1. The lowest BCUT2D eigenvalue weighted by molar-refractivity contribution is -0.111. The van der Waals surface area contributed by atoms with E-state index in [2.05, 4.69) is 10.1 Å². The van der Waals surface area contributed by atoms with Gasteiger partial charge in [0.1, 0.15) is 0 Å². The van der Waals surface area contributed by atoms with Gasteiger partial charge in [0, 0.05) is 24.3 Å². The molecule has 3 rings (SSSR count). The summed E-state index contributed by atoms with van der Waals surface area (Å²) in [5.41, 5.74) is 1.06. The van der Waals surface area contributed by atoms with Crippen LogP contribution in [0.1, 0.15) is 12.0 Å². The Hall–Kier alpha value is -3.29. The lowest BCUT2D eigenvalue weighted by Crippen LogP contribution is -2.09. The maximum absolute atomic E-state index is 12.5. The van der Waals surface area contributed by atoms with E-state index < -0.39 is 12.5 Å². The average Bonchev–Trinajstić information content (AvgIpc) is 2.91. The number of halogens is 2. The second kappa shape index (κ2) is 9.07. The van der Waals surface area contributed by atoms with Crippen LogP contribution in [0.25, 0.3) is 6.08 Å². The number of hydrogen-bond acceptors (Lipinski definition) is 5. The number of carbonyl (C=O) groups is 1. The van der Waals surface area contributed by atoms with Crippen molar-refractivity contribution in [1.82, 2.24) is 0 Å². The number of ether oxygens (including phenoxy) is 4. The van der Waals surface area contributed by atoms with Gasteiger partial charge in [0.15, 0.2) is 23.0 Å². The molecule has 0 bridgehead atoms. The molecule has 0 unspecified atom stereocenters. The highest BCUT2D eigenvalue weighted by molar-refractivity contribution is 6.02. The van der Waals surface area contributed by atoms with E-state index in [1.807, 2.05) is 0 Å². The van der Waals surface area contributed by atoms with Crippen LogP contribution in [0.5, 0.6) is 23.0 Å². The molecule has 0 radical (unpaired) electrons. The molecule has 0 spiro atoms. The number of rotatable bonds is 6. The summed E-state index contributed by atoms with van der Waals surface area (Å²) in [4.78, 5) is 12.1. The second-order valence-corrected chi connectivity index (χ2v) is 5.82. The van der Waals surface area contributed by atoms with E-state index in [4.69, 9.17) is 14.2 Å². The zero-order valence-corrected chi connectivity index (χ0v) is 15.1. The van der Waals surface area contributed by atoms with Gasteiger partial charge in [-0.15, -0.1) is 0 Å². The first-order chi connectivity index (χ1) is 13.5. The Labute approximate surface area is 160 Å². The van der Waals surface area contributed by atoms with Crippen molar-refractivity contribution in [3.63, 3.8) is 0 Å². The first-order valence-corrected chi connectivity index (χ1v) is 8.57. The van der Waals surface area contributed by atoms with Crippen molar-refractivity contribution in [2.24, 2.45) is 0 Å². The molecule has 0 saturated carbocycles. The number of benzene rings is 2. The summed E-state index contributed by atoms with van der Waals surface area (Å²) in [6.07, 6.45) is 3.75. The first kappa shape index (κ1) is 19.5. The third-order valence-electron chi connectivity index (χ3n) is 3.85. The molecule has 8 heteroatoms. The first-order valence-electron chi connectivity index (χ1n) is 8.57. The van der Waals surface area contributed by atoms with E-state index in [0.717, 1.165) is 12.0 Å². The average molecular weight is 391 g/mol. The van der Waals surface area contributed by atoms with Gasteiger partial charge in [-0.3, -0.25) is 4.79 Å². The van der Waals surface area contributed by atoms with Gasteiger partial charge in [-0.05, 0) is 35.9 Å². The number of nitrogens with one attached hydrogen (secondary N) is 1. The Morgan fingerprint density at radius 1 is 1.11 bits per heavy atom. The zero-order chi connectivity index (χ0) is 19.9. The Morgan fingerprint density at radius 2 is 1.89 bits per heavy atom. The highest BCUT2D eigenvalue weighted by Crippen LogP contribution is 2.32. The Balaban J connectivity index is 1.67. The summed E-state index contributed by atoms with van der Waals surface area (Å²) in [7, 11) is 1.34. The van der Waals surface area contributed by atoms with Crippen molar-refractivity contribution < 1.29 is 32.5 Å². The van der Waals surface area contributed by atoms with Gasteiger partial charge in [0.2, 0.25) is 5.91 Å². The summed E-state index contributed by atoms with van der Waals surface area (Å²) in [5.74, 6) is 0.844. The summed E-state index contributed by atoms with van der Waals surface area (Å²) in [5, 5.41) is 2.59. The third kappa shape index (κ3) is 5.12. The molecule has 0 aliphatic carbocycles.